The van der Waals surface area contributed by atoms with E-state index < -0.39 is 34.0 Å². The molecule has 1 heterocycles. The number of benzene rings is 1. The van der Waals surface area contributed by atoms with Crippen molar-refractivity contribution < 1.29 is 22.4 Å². The smallest absolute Gasteiger partial charge is 0.387 e. The van der Waals surface area contributed by atoms with E-state index in [1.165, 1.54) is 19.1 Å². The van der Waals surface area contributed by atoms with Gasteiger partial charge >= 0.3 is 6.18 Å². The molecule has 1 aromatic heterocycles. The molecule has 5 nitrogen and oxygen atoms in total. The number of aromatic nitrogens is 1. The fraction of sp³-hybridized carbons (Fsp3) is 0.476. The lowest BCUT2D eigenvalue weighted by atomic mass is 9.86. The topological polar surface area (TPSA) is 80.4 Å². The van der Waals surface area contributed by atoms with Crippen LogP contribution >= 0.6 is 11.3 Å². The minimum Gasteiger partial charge on any atom is -0.387 e. The summed E-state index contributed by atoms with van der Waals surface area (Å²) in [6.45, 7) is 6.97. The van der Waals surface area contributed by atoms with Gasteiger partial charge in [-0.05, 0) is 38.5 Å². The maximum atomic E-state index is 14.8. The number of carbonyl (C=O) groups is 1. The van der Waals surface area contributed by atoms with Crippen LogP contribution in [0.25, 0.3) is 0 Å². The Kier molecular flexibility index (Phi) is 7.80. The van der Waals surface area contributed by atoms with Gasteiger partial charge in [0.2, 0.25) is 0 Å². The van der Waals surface area contributed by atoms with Gasteiger partial charge in [0.25, 0.3) is 5.91 Å². The monoisotopic (exact) mass is 458 g/mol. The number of carbonyl (C=O) groups excluding carboxylic acids is 1. The molecule has 1 unspecified atom stereocenters. The number of aryl methyl sites for hydroxylation is 1. The van der Waals surface area contributed by atoms with Crippen LogP contribution in [0.2, 0.25) is 0 Å². The van der Waals surface area contributed by atoms with E-state index in [0.717, 1.165) is 18.9 Å². The fourth-order valence-electron chi connectivity index (χ4n) is 3.14. The Hall–Kier alpha value is -2.49. The number of nitrogens with one attached hydrogen (secondary N) is 1. The number of nitrogens with two attached hydrogens (primary N) is 1. The van der Waals surface area contributed by atoms with E-state index in [2.05, 4.69) is 15.3 Å². The van der Waals surface area contributed by atoms with Crippen LogP contribution in [0.4, 0.5) is 23.2 Å². The van der Waals surface area contributed by atoms with Crippen molar-refractivity contribution in [3.8, 4) is 0 Å². The van der Waals surface area contributed by atoms with Crippen LogP contribution in [0.1, 0.15) is 72.4 Å². The maximum Gasteiger partial charge on any atom is 0.435 e. The Morgan fingerprint density at radius 2 is 1.97 bits per heavy atom. The molecule has 170 valence electrons. The number of unbranched alkanes of at least 4 members (excludes halogenated alkanes) is 1. The van der Waals surface area contributed by atoms with Crippen LogP contribution in [0.15, 0.2) is 23.2 Å². The number of amidine groups is 1. The van der Waals surface area contributed by atoms with Crippen molar-refractivity contribution in [2.75, 3.05) is 5.32 Å². The summed E-state index contributed by atoms with van der Waals surface area (Å²) in [5, 5.41) is 2.55. The van der Waals surface area contributed by atoms with Gasteiger partial charge in [-0.2, -0.15) is 13.2 Å². The molecule has 0 aliphatic carbocycles. The van der Waals surface area contributed by atoms with Crippen LogP contribution in [0.5, 0.6) is 0 Å². The highest BCUT2D eigenvalue weighted by Gasteiger charge is 2.39. The molecule has 2 rings (SSSR count). The highest BCUT2D eigenvalue weighted by molar-refractivity contribution is 7.13. The third kappa shape index (κ3) is 6.03. The Balaban J connectivity index is 2.43. The zero-order valence-corrected chi connectivity index (χ0v) is 18.7. The molecule has 1 aromatic carbocycles. The maximum absolute atomic E-state index is 14.8. The van der Waals surface area contributed by atoms with Gasteiger partial charge in [-0.3, -0.25) is 9.79 Å². The first kappa shape index (κ1) is 24.8. The fourth-order valence-corrected chi connectivity index (χ4v) is 3.98. The van der Waals surface area contributed by atoms with Gasteiger partial charge in [-0.25, -0.2) is 9.37 Å². The number of aliphatic imine (C=N–C) groups is 1. The number of halogens is 4. The van der Waals surface area contributed by atoms with Crippen molar-refractivity contribution in [1.29, 1.82) is 0 Å². The molecular weight excluding hydrogens is 432 g/mol. The predicted molar refractivity (Wildman–Crippen MR) is 115 cm³/mol. The van der Waals surface area contributed by atoms with Gasteiger partial charge in [-0.1, -0.05) is 26.7 Å². The Morgan fingerprint density at radius 1 is 1.29 bits per heavy atom. The van der Waals surface area contributed by atoms with Crippen molar-refractivity contribution in [2.45, 2.75) is 65.1 Å². The second-order valence-corrected chi connectivity index (χ2v) is 8.59. The Morgan fingerprint density at radius 3 is 2.55 bits per heavy atom. The minimum absolute atomic E-state index is 0.119. The summed E-state index contributed by atoms with van der Waals surface area (Å²) in [4.78, 5) is 20.0. The Bertz CT molecular complexity index is 971. The third-order valence-corrected chi connectivity index (χ3v) is 5.75. The lowest BCUT2D eigenvalue weighted by molar-refractivity contribution is -0.141. The van der Waals surface area contributed by atoms with Crippen molar-refractivity contribution in [3.05, 3.63) is 45.2 Å². The van der Waals surface area contributed by atoms with Crippen LogP contribution < -0.4 is 11.1 Å². The highest BCUT2D eigenvalue weighted by atomic mass is 32.1. The molecule has 1 amide bonds. The zero-order chi connectivity index (χ0) is 23.4. The summed E-state index contributed by atoms with van der Waals surface area (Å²) < 4.78 is 54.3. The first-order valence-corrected chi connectivity index (χ1v) is 10.7. The summed E-state index contributed by atoms with van der Waals surface area (Å²) >= 11 is 0.648. The second-order valence-electron chi connectivity index (χ2n) is 7.39. The lowest BCUT2D eigenvalue weighted by Gasteiger charge is -2.27. The van der Waals surface area contributed by atoms with Crippen molar-refractivity contribution in [3.63, 3.8) is 0 Å². The summed E-state index contributed by atoms with van der Waals surface area (Å²) in [6, 6.07) is 3.86. The molecule has 2 aromatic rings. The minimum atomic E-state index is -4.75. The highest BCUT2D eigenvalue weighted by Crippen LogP contribution is 2.37. The second kappa shape index (κ2) is 9.76. The average Bonchev–Trinajstić information content (AvgIpc) is 3.10. The van der Waals surface area contributed by atoms with Gasteiger partial charge in [0.15, 0.2) is 5.69 Å². The van der Waals surface area contributed by atoms with Gasteiger partial charge < -0.3 is 11.1 Å². The van der Waals surface area contributed by atoms with Crippen molar-refractivity contribution in [1.82, 2.24) is 4.98 Å². The van der Waals surface area contributed by atoms with Crippen LogP contribution in [-0.2, 0) is 11.7 Å². The zero-order valence-electron chi connectivity index (χ0n) is 17.9. The molecule has 0 aliphatic heterocycles. The average molecular weight is 459 g/mol. The van der Waals surface area contributed by atoms with E-state index in [1.807, 2.05) is 13.8 Å². The van der Waals surface area contributed by atoms with E-state index in [1.54, 1.807) is 6.92 Å². The molecule has 0 bridgehead atoms. The number of alkyl halides is 3. The summed E-state index contributed by atoms with van der Waals surface area (Å²) in [6.07, 6.45) is -2.12. The molecule has 31 heavy (non-hydrogen) atoms. The standard InChI is InChI=1S/C21H26F4N4OS/c1-5-7-10-20(4,29-16(26)6-2)14-11-13(8-9-15(14)22)28-19(30)17-18(21(23,24)25)27-12(3)31-17/h8-9,11H,5-7,10H2,1-4H3,(H2,26,29)(H,28,30). The number of hydrogen-bond donors (Lipinski definition) is 2. The number of thiazole rings is 1. The van der Waals surface area contributed by atoms with E-state index in [0.29, 0.717) is 30.0 Å². The molecule has 0 aliphatic rings. The Labute approximate surface area is 182 Å². The van der Waals surface area contributed by atoms with Gasteiger partial charge in [0.1, 0.15) is 10.7 Å². The molecule has 3 N–H and O–H groups in total. The predicted octanol–water partition coefficient (Wildman–Crippen LogP) is 6.03. The third-order valence-electron chi connectivity index (χ3n) is 4.78. The van der Waals surface area contributed by atoms with E-state index in [9.17, 15) is 22.4 Å². The first-order valence-electron chi connectivity index (χ1n) is 9.91. The van der Waals surface area contributed by atoms with Gasteiger partial charge in [-0.15, -0.1) is 11.3 Å². The van der Waals surface area contributed by atoms with E-state index in [-0.39, 0.29) is 16.3 Å². The normalized spacial score (nSPS) is 14.4. The van der Waals surface area contributed by atoms with Gasteiger partial charge in [0, 0.05) is 17.7 Å². The SMILES string of the molecule is CCCCC(C)(N=C(N)CC)c1cc(NC(=O)c2sc(C)nc2C(F)(F)F)ccc1F. The summed E-state index contributed by atoms with van der Waals surface area (Å²) in [7, 11) is 0. The van der Waals surface area contributed by atoms with Crippen LogP contribution in [-0.4, -0.2) is 16.7 Å². The van der Waals surface area contributed by atoms with Crippen molar-refractivity contribution >= 4 is 28.8 Å². The number of hydrogen-bond acceptors (Lipinski definition) is 4. The first-order chi connectivity index (χ1) is 14.4. The lowest BCUT2D eigenvalue weighted by Crippen LogP contribution is -2.26. The molecule has 1 atom stereocenters. The molecular formula is C21H26F4N4OS. The number of anilines is 1. The number of rotatable bonds is 8. The van der Waals surface area contributed by atoms with Crippen LogP contribution in [0.3, 0.4) is 0 Å². The van der Waals surface area contributed by atoms with Crippen molar-refractivity contribution in [2.24, 2.45) is 10.7 Å². The van der Waals surface area contributed by atoms with Gasteiger partial charge in [0.05, 0.1) is 16.4 Å². The van der Waals surface area contributed by atoms with E-state index in [4.69, 9.17) is 5.73 Å². The summed E-state index contributed by atoms with van der Waals surface area (Å²) in [5.74, 6) is -1.13. The largest absolute Gasteiger partial charge is 0.435 e. The molecule has 0 saturated heterocycles. The van der Waals surface area contributed by atoms with Crippen LogP contribution in [0, 0.1) is 12.7 Å². The molecule has 10 heteroatoms. The molecule has 0 fully saturated rings. The number of nitrogens with zero attached hydrogens (tertiary/aromatic N) is 2. The van der Waals surface area contributed by atoms with E-state index >= 15 is 0 Å². The molecule has 0 saturated carbocycles. The summed E-state index contributed by atoms with van der Waals surface area (Å²) in [5.41, 5.74) is 4.09. The number of amides is 1. The molecule has 0 spiro atoms. The quantitative estimate of drug-likeness (QED) is 0.288. The molecule has 0 radical (unpaired) electrons.